The third-order valence-corrected chi connectivity index (χ3v) is 5.87. The Morgan fingerprint density at radius 2 is 2.07 bits per heavy atom. The lowest BCUT2D eigenvalue weighted by Gasteiger charge is -2.15. The minimum absolute atomic E-state index is 0.180. The number of nitrogens with two attached hydrogens (primary N) is 2. The van der Waals surface area contributed by atoms with Crippen LogP contribution in [0.2, 0.25) is 0 Å². The lowest BCUT2D eigenvalue weighted by molar-refractivity contribution is -0.119. The van der Waals surface area contributed by atoms with Gasteiger partial charge in [0.05, 0.1) is 11.7 Å². The van der Waals surface area contributed by atoms with Gasteiger partial charge in [0.1, 0.15) is 12.0 Å². The highest BCUT2D eigenvalue weighted by Gasteiger charge is 2.46. The van der Waals surface area contributed by atoms with Crippen LogP contribution in [0.3, 0.4) is 0 Å². The van der Waals surface area contributed by atoms with Crippen LogP contribution in [0.25, 0.3) is 32.8 Å². The molecule has 7 N–H and O–H groups in total. The standard InChI is InChI=1S/C22H22N6O2/c1-10-2-19-13(8-26-28-19)4-14(10)11-3-12-6-20(25-9-17(12)18(23)5-11)27-22(30)16-7-15(16)21(24)29/h2-6,8-9,15-16,22,30H,7,23H2,1H3,(H2,24,29)(H,25,27)(H,26,28)/t15-,16?,22+/m1/s1. The Kier molecular flexibility index (Phi) is 4.11. The van der Waals surface area contributed by atoms with Gasteiger partial charge < -0.3 is 21.9 Å². The van der Waals surface area contributed by atoms with Gasteiger partial charge in [-0.2, -0.15) is 5.10 Å². The van der Waals surface area contributed by atoms with Crippen LogP contribution < -0.4 is 16.8 Å². The predicted octanol–water partition coefficient (Wildman–Crippen LogP) is 2.52. The molecule has 2 heterocycles. The van der Waals surface area contributed by atoms with Crippen molar-refractivity contribution in [2.24, 2.45) is 17.6 Å². The summed E-state index contributed by atoms with van der Waals surface area (Å²) >= 11 is 0. The van der Waals surface area contributed by atoms with E-state index in [2.05, 4.69) is 45.6 Å². The van der Waals surface area contributed by atoms with Crippen molar-refractivity contribution in [2.45, 2.75) is 19.6 Å². The molecule has 2 aromatic carbocycles. The van der Waals surface area contributed by atoms with Gasteiger partial charge in [-0.3, -0.25) is 9.89 Å². The van der Waals surface area contributed by atoms with Crippen LogP contribution in [0, 0.1) is 18.8 Å². The highest BCUT2D eigenvalue weighted by Crippen LogP contribution is 2.41. The molecule has 0 saturated heterocycles. The molecule has 30 heavy (non-hydrogen) atoms. The fourth-order valence-electron chi connectivity index (χ4n) is 4.08. The third kappa shape index (κ3) is 3.11. The van der Waals surface area contributed by atoms with Crippen LogP contribution in [-0.2, 0) is 4.79 Å². The van der Waals surface area contributed by atoms with Crippen LogP contribution >= 0.6 is 0 Å². The van der Waals surface area contributed by atoms with Crippen molar-refractivity contribution in [2.75, 3.05) is 11.1 Å². The van der Waals surface area contributed by atoms with Crippen molar-refractivity contribution in [1.82, 2.24) is 15.2 Å². The largest absolute Gasteiger partial charge is 0.398 e. The normalized spacial score (nSPS) is 19.1. The number of aliphatic hydroxyl groups excluding tert-OH is 1. The molecule has 1 amide bonds. The number of nitrogens with zero attached hydrogens (tertiary/aromatic N) is 2. The monoisotopic (exact) mass is 402 g/mol. The van der Waals surface area contributed by atoms with Gasteiger partial charge in [-0.05, 0) is 65.8 Å². The summed E-state index contributed by atoms with van der Waals surface area (Å²) in [7, 11) is 0. The van der Waals surface area contributed by atoms with Gasteiger partial charge in [0.2, 0.25) is 5.91 Å². The summed E-state index contributed by atoms with van der Waals surface area (Å²) in [6.07, 6.45) is 3.20. The fraction of sp³-hybridized carbons (Fsp3) is 0.227. The maximum Gasteiger partial charge on any atom is 0.220 e. The highest BCUT2D eigenvalue weighted by molar-refractivity contribution is 5.98. The van der Waals surface area contributed by atoms with Crippen LogP contribution in [0.4, 0.5) is 11.5 Å². The topological polar surface area (TPSA) is 143 Å². The number of carbonyl (C=O) groups excluding carboxylic acids is 1. The van der Waals surface area contributed by atoms with Crippen molar-refractivity contribution < 1.29 is 9.90 Å². The van der Waals surface area contributed by atoms with Gasteiger partial charge in [0.15, 0.2) is 0 Å². The molecule has 8 heteroatoms. The van der Waals surface area contributed by atoms with Crippen LogP contribution in [0.1, 0.15) is 12.0 Å². The number of hydrogen-bond acceptors (Lipinski definition) is 6. The summed E-state index contributed by atoms with van der Waals surface area (Å²) < 4.78 is 0. The van der Waals surface area contributed by atoms with E-state index in [0.717, 1.165) is 38.4 Å². The Morgan fingerprint density at radius 3 is 2.83 bits per heavy atom. The number of hydrogen-bond donors (Lipinski definition) is 5. The lowest BCUT2D eigenvalue weighted by atomic mass is 9.96. The van der Waals surface area contributed by atoms with Crippen LogP contribution in [-0.4, -0.2) is 32.4 Å². The molecule has 0 spiro atoms. The average molecular weight is 402 g/mol. The molecule has 1 fully saturated rings. The lowest BCUT2D eigenvalue weighted by Crippen LogP contribution is -2.25. The number of benzene rings is 2. The number of fused-ring (bicyclic) bond motifs is 2. The van der Waals surface area contributed by atoms with E-state index in [-0.39, 0.29) is 17.7 Å². The van der Waals surface area contributed by atoms with Crippen molar-refractivity contribution >= 4 is 39.1 Å². The van der Waals surface area contributed by atoms with Gasteiger partial charge in [-0.1, -0.05) is 0 Å². The smallest absolute Gasteiger partial charge is 0.220 e. The number of pyridine rings is 1. The van der Waals surface area contributed by atoms with E-state index in [4.69, 9.17) is 11.5 Å². The summed E-state index contributed by atoms with van der Waals surface area (Å²) in [5.41, 5.74) is 16.4. The van der Waals surface area contributed by atoms with Gasteiger partial charge in [0, 0.05) is 34.5 Å². The van der Waals surface area contributed by atoms with Crippen LogP contribution in [0.15, 0.2) is 42.7 Å². The molecule has 0 radical (unpaired) electrons. The first kappa shape index (κ1) is 18.4. The molecule has 8 nitrogen and oxygen atoms in total. The minimum atomic E-state index is -0.876. The number of rotatable bonds is 5. The molecule has 1 saturated carbocycles. The number of aromatic nitrogens is 3. The third-order valence-electron chi connectivity index (χ3n) is 5.87. The number of aryl methyl sites for hydroxylation is 1. The van der Waals surface area contributed by atoms with E-state index in [1.807, 2.05) is 12.1 Å². The number of primary amides is 1. The first-order valence-corrected chi connectivity index (χ1v) is 9.78. The number of nitrogen functional groups attached to an aromatic ring is 1. The summed E-state index contributed by atoms with van der Waals surface area (Å²) in [6, 6.07) is 10.0. The van der Waals surface area contributed by atoms with Crippen molar-refractivity contribution in [3.8, 4) is 11.1 Å². The number of carbonyl (C=O) groups is 1. The predicted molar refractivity (Wildman–Crippen MR) is 116 cm³/mol. The number of aromatic amines is 1. The van der Waals surface area contributed by atoms with Gasteiger partial charge in [-0.25, -0.2) is 4.98 Å². The number of aliphatic hydroxyl groups is 1. The van der Waals surface area contributed by atoms with Gasteiger partial charge in [0.25, 0.3) is 0 Å². The number of nitrogens with one attached hydrogen (secondary N) is 2. The summed E-state index contributed by atoms with van der Waals surface area (Å²) in [5.74, 6) is -0.324. The van der Waals surface area contributed by atoms with E-state index >= 15 is 0 Å². The van der Waals surface area contributed by atoms with E-state index in [9.17, 15) is 9.90 Å². The molecular weight excluding hydrogens is 380 g/mol. The zero-order valence-corrected chi connectivity index (χ0v) is 16.4. The maximum atomic E-state index is 11.3. The van der Waals surface area contributed by atoms with Gasteiger partial charge in [-0.15, -0.1) is 0 Å². The first-order valence-electron chi connectivity index (χ1n) is 9.78. The quantitative estimate of drug-likeness (QED) is 0.256. The Labute approximate surface area is 172 Å². The van der Waals surface area contributed by atoms with Crippen molar-refractivity contribution in [3.05, 3.63) is 48.3 Å². The van der Waals surface area contributed by atoms with E-state index < -0.39 is 6.23 Å². The second-order valence-corrected chi connectivity index (χ2v) is 7.98. The Morgan fingerprint density at radius 1 is 1.23 bits per heavy atom. The molecule has 5 rings (SSSR count). The molecule has 1 unspecified atom stereocenters. The molecule has 1 aliphatic rings. The number of H-pyrrole nitrogens is 1. The Hall–Kier alpha value is -3.65. The summed E-state index contributed by atoms with van der Waals surface area (Å²) in [4.78, 5) is 15.6. The van der Waals surface area contributed by atoms with Gasteiger partial charge >= 0.3 is 0 Å². The molecule has 4 aromatic rings. The van der Waals surface area contributed by atoms with Crippen molar-refractivity contribution in [3.63, 3.8) is 0 Å². The van der Waals surface area contributed by atoms with E-state index in [1.54, 1.807) is 12.4 Å². The van der Waals surface area contributed by atoms with Crippen LogP contribution in [0.5, 0.6) is 0 Å². The second kappa shape index (κ2) is 6.70. The molecule has 0 aliphatic heterocycles. The molecule has 1 aliphatic carbocycles. The number of anilines is 2. The fourth-order valence-corrected chi connectivity index (χ4v) is 4.08. The van der Waals surface area contributed by atoms with Crippen molar-refractivity contribution in [1.29, 1.82) is 0 Å². The van der Waals surface area contributed by atoms with E-state index in [0.29, 0.717) is 17.9 Å². The molecular formula is C22H22N6O2. The summed E-state index contributed by atoms with van der Waals surface area (Å²) in [6.45, 7) is 2.05. The second-order valence-electron chi connectivity index (χ2n) is 7.98. The molecule has 152 valence electrons. The Bertz CT molecular complexity index is 1300. The molecule has 3 atom stereocenters. The molecule has 0 bridgehead atoms. The zero-order chi connectivity index (χ0) is 21.0. The Balaban J connectivity index is 1.50. The first-order chi connectivity index (χ1) is 14.4. The minimum Gasteiger partial charge on any atom is -0.398 e. The SMILES string of the molecule is Cc1cc2[nH]ncc2cc1-c1cc(N)c2cnc(N[C@@H](O)C3C[C@H]3C(N)=O)cc2c1. The molecule has 2 aromatic heterocycles. The number of amides is 1. The average Bonchev–Trinajstić information content (AvgIpc) is 3.40. The van der Waals surface area contributed by atoms with E-state index in [1.165, 1.54) is 0 Å². The highest BCUT2D eigenvalue weighted by atomic mass is 16.3. The zero-order valence-electron chi connectivity index (χ0n) is 16.4. The summed E-state index contributed by atoms with van der Waals surface area (Å²) in [5, 5.41) is 23.2. The maximum absolute atomic E-state index is 11.3.